The summed E-state index contributed by atoms with van der Waals surface area (Å²) in [5, 5.41) is 4.71. The highest BCUT2D eigenvalue weighted by atomic mass is 32.2. The van der Waals surface area contributed by atoms with Gasteiger partial charge in [-0.1, -0.05) is 11.8 Å². The summed E-state index contributed by atoms with van der Waals surface area (Å²) in [5.41, 5.74) is 1.12. The quantitative estimate of drug-likeness (QED) is 0.518. The zero-order chi connectivity index (χ0) is 13.1. The highest BCUT2D eigenvalue weighted by molar-refractivity contribution is 7.98. The van der Waals surface area contributed by atoms with Crippen LogP contribution in [0.3, 0.4) is 0 Å². The second kappa shape index (κ2) is 5.30. The molecule has 0 saturated carbocycles. The molecule has 18 heavy (non-hydrogen) atoms. The van der Waals surface area contributed by atoms with Gasteiger partial charge >= 0.3 is 0 Å². The van der Waals surface area contributed by atoms with Crippen molar-refractivity contribution < 1.29 is 4.79 Å². The van der Waals surface area contributed by atoms with Gasteiger partial charge in [0.2, 0.25) is 0 Å². The average molecular weight is 262 g/mol. The second-order valence-corrected chi connectivity index (χ2v) is 4.88. The normalized spacial score (nSPS) is 10.9. The molecule has 2 rings (SSSR count). The molecule has 0 fully saturated rings. The molecule has 0 aliphatic rings. The van der Waals surface area contributed by atoms with Crippen molar-refractivity contribution in [3.8, 4) is 0 Å². The Hall–Kier alpha value is -1.69. The number of carbonyl (C=O) groups excluding carboxylic acids is 1. The van der Waals surface area contributed by atoms with Gasteiger partial charge in [0.05, 0.1) is 0 Å². The van der Waals surface area contributed by atoms with Crippen molar-refractivity contribution in [3.05, 3.63) is 18.0 Å². The Balaban J connectivity index is 2.65. The molecule has 0 unspecified atom stereocenters. The number of anilines is 1. The van der Waals surface area contributed by atoms with Crippen molar-refractivity contribution in [1.82, 2.24) is 15.0 Å². The summed E-state index contributed by atoms with van der Waals surface area (Å²) < 4.78 is 0. The number of aldehydes is 1. The third kappa shape index (κ3) is 2.59. The van der Waals surface area contributed by atoms with E-state index in [1.807, 2.05) is 20.1 Å². The van der Waals surface area contributed by atoms with Crippen LogP contribution in [0, 0.1) is 0 Å². The molecule has 0 aromatic carbocycles. The van der Waals surface area contributed by atoms with Gasteiger partial charge in [0.1, 0.15) is 11.2 Å². The largest absolute Gasteiger partial charge is 0.366 e. The van der Waals surface area contributed by atoms with Crippen molar-refractivity contribution in [2.24, 2.45) is 0 Å². The molecule has 5 nitrogen and oxygen atoms in total. The number of hydrogen-bond donors (Lipinski definition) is 1. The average Bonchev–Trinajstić information content (AvgIpc) is 2.37. The Morgan fingerprint density at radius 1 is 1.39 bits per heavy atom. The lowest BCUT2D eigenvalue weighted by atomic mass is 10.2. The van der Waals surface area contributed by atoms with Gasteiger partial charge in [0.15, 0.2) is 17.3 Å². The van der Waals surface area contributed by atoms with E-state index in [0.29, 0.717) is 16.7 Å². The molecular weight excluding hydrogens is 248 g/mol. The first-order valence-electron chi connectivity index (χ1n) is 5.57. The first-order valence-corrected chi connectivity index (χ1v) is 6.80. The maximum Gasteiger partial charge on any atom is 0.187 e. The van der Waals surface area contributed by atoms with Crippen LogP contribution in [0.2, 0.25) is 0 Å². The summed E-state index contributed by atoms with van der Waals surface area (Å²) in [5.74, 6) is 0.627. The standard InChI is InChI=1S/C12H14N4OS/c1-7(2)14-11-10-8(4-9(6-17)15-11)5-13-12(16-10)18-3/h4-7H,1-3H3,(H,14,15). The van der Waals surface area contributed by atoms with E-state index in [9.17, 15) is 4.79 Å². The van der Waals surface area contributed by atoms with Gasteiger partial charge in [-0.05, 0) is 26.2 Å². The van der Waals surface area contributed by atoms with Crippen molar-refractivity contribution in [2.75, 3.05) is 11.6 Å². The number of pyridine rings is 1. The van der Waals surface area contributed by atoms with E-state index >= 15 is 0 Å². The number of thioether (sulfide) groups is 1. The summed E-state index contributed by atoms with van der Waals surface area (Å²) >= 11 is 1.47. The molecule has 0 bridgehead atoms. The molecule has 2 aromatic rings. The zero-order valence-corrected chi connectivity index (χ0v) is 11.3. The van der Waals surface area contributed by atoms with Gasteiger partial charge in [-0.15, -0.1) is 0 Å². The topological polar surface area (TPSA) is 67.8 Å². The highest BCUT2D eigenvalue weighted by Gasteiger charge is 2.09. The van der Waals surface area contributed by atoms with Crippen molar-refractivity contribution in [2.45, 2.75) is 25.0 Å². The lowest BCUT2D eigenvalue weighted by Crippen LogP contribution is -2.12. The lowest BCUT2D eigenvalue weighted by molar-refractivity contribution is 0.111. The van der Waals surface area contributed by atoms with Crippen LogP contribution in [0.5, 0.6) is 0 Å². The molecule has 0 saturated heterocycles. The summed E-state index contributed by atoms with van der Waals surface area (Å²) in [4.78, 5) is 23.8. The molecule has 2 heterocycles. The van der Waals surface area contributed by atoms with E-state index in [-0.39, 0.29) is 6.04 Å². The molecule has 0 amide bonds. The van der Waals surface area contributed by atoms with Gasteiger partial charge in [0, 0.05) is 17.6 Å². The first kappa shape index (κ1) is 12.8. The minimum atomic E-state index is 0.218. The van der Waals surface area contributed by atoms with Gasteiger partial charge in [0.25, 0.3) is 0 Å². The van der Waals surface area contributed by atoms with Gasteiger partial charge in [-0.3, -0.25) is 4.79 Å². The highest BCUT2D eigenvalue weighted by Crippen LogP contribution is 2.22. The molecule has 6 heteroatoms. The van der Waals surface area contributed by atoms with Crippen LogP contribution >= 0.6 is 11.8 Å². The van der Waals surface area contributed by atoms with E-state index < -0.39 is 0 Å². The monoisotopic (exact) mass is 262 g/mol. The second-order valence-electron chi connectivity index (χ2n) is 4.11. The van der Waals surface area contributed by atoms with E-state index in [1.54, 1.807) is 12.3 Å². The zero-order valence-electron chi connectivity index (χ0n) is 10.5. The SMILES string of the molecule is CSc1ncc2cc(C=O)nc(NC(C)C)c2n1. The summed E-state index contributed by atoms with van der Waals surface area (Å²) in [6, 6.07) is 1.91. The predicted molar refractivity (Wildman–Crippen MR) is 73.3 cm³/mol. The number of carbonyl (C=O) groups is 1. The van der Waals surface area contributed by atoms with Crippen LogP contribution in [-0.2, 0) is 0 Å². The number of aromatic nitrogens is 3. The lowest BCUT2D eigenvalue weighted by Gasteiger charge is -2.12. The van der Waals surface area contributed by atoms with Crippen molar-refractivity contribution >= 4 is 34.8 Å². The van der Waals surface area contributed by atoms with E-state index in [4.69, 9.17) is 0 Å². The molecule has 0 radical (unpaired) electrons. The molecular formula is C12H14N4OS. The Morgan fingerprint density at radius 2 is 2.17 bits per heavy atom. The maximum atomic E-state index is 10.9. The molecule has 0 atom stereocenters. The summed E-state index contributed by atoms with van der Waals surface area (Å²) in [7, 11) is 0. The Kier molecular flexibility index (Phi) is 3.76. The number of fused-ring (bicyclic) bond motifs is 1. The Bertz CT molecular complexity index is 586. The van der Waals surface area contributed by atoms with E-state index in [2.05, 4.69) is 20.3 Å². The van der Waals surface area contributed by atoms with Crippen LogP contribution in [0.1, 0.15) is 24.3 Å². The fourth-order valence-electron chi connectivity index (χ4n) is 1.58. The van der Waals surface area contributed by atoms with Gasteiger partial charge in [-0.2, -0.15) is 0 Å². The van der Waals surface area contributed by atoms with Crippen LogP contribution in [0.15, 0.2) is 17.4 Å². The predicted octanol–water partition coefficient (Wildman–Crippen LogP) is 2.38. The fourth-order valence-corrected chi connectivity index (χ4v) is 1.92. The summed E-state index contributed by atoms with van der Waals surface area (Å²) in [6.07, 6.45) is 4.37. The molecule has 1 N–H and O–H groups in total. The Labute approximate surface area is 109 Å². The van der Waals surface area contributed by atoms with E-state index in [1.165, 1.54) is 11.8 Å². The van der Waals surface area contributed by atoms with Crippen LogP contribution in [-0.4, -0.2) is 33.5 Å². The van der Waals surface area contributed by atoms with Crippen molar-refractivity contribution in [1.29, 1.82) is 0 Å². The molecule has 0 aliphatic carbocycles. The third-order valence-corrected chi connectivity index (χ3v) is 2.85. The fraction of sp³-hybridized carbons (Fsp3) is 0.333. The molecule has 0 aliphatic heterocycles. The number of hydrogen-bond acceptors (Lipinski definition) is 6. The minimum Gasteiger partial charge on any atom is -0.366 e. The smallest absolute Gasteiger partial charge is 0.187 e. The van der Waals surface area contributed by atoms with Crippen LogP contribution in [0.25, 0.3) is 10.9 Å². The number of nitrogens with one attached hydrogen (secondary N) is 1. The minimum absolute atomic E-state index is 0.218. The molecule has 2 aromatic heterocycles. The van der Waals surface area contributed by atoms with Gasteiger partial charge in [-0.25, -0.2) is 15.0 Å². The van der Waals surface area contributed by atoms with Crippen molar-refractivity contribution in [3.63, 3.8) is 0 Å². The van der Waals surface area contributed by atoms with Crippen LogP contribution in [0.4, 0.5) is 5.82 Å². The molecule has 94 valence electrons. The van der Waals surface area contributed by atoms with Crippen LogP contribution < -0.4 is 5.32 Å². The third-order valence-electron chi connectivity index (χ3n) is 2.29. The molecule has 0 spiro atoms. The number of rotatable bonds is 4. The maximum absolute atomic E-state index is 10.9. The Morgan fingerprint density at radius 3 is 2.78 bits per heavy atom. The van der Waals surface area contributed by atoms with E-state index in [0.717, 1.165) is 17.2 Å². The number of nitrogens with zero attached hydrogens (tertiary/aromatic N) is 3. The summed E-state index contributed by atoms with van der Waals surface area (Å²) in [6.45, 7) is 4.02. The first-order chi connectivity index (χ1) is 8.63. The van der Waals surface area contributed by atoms with Gasteiger partial charge < -0.3 is 5.32 Å².